The topological polar surface area (TPSA) is 83.7 Å². The molecule has 1 aliphatic rings. The molecule has 0 saturated carbocycles. The number of rotatable bonds is 5. The summed E-state index contributed by atoms with van der Waals surface area (Å²) in [6.07, 6.45) is 1.33. The number of esters is 1. The first-order chi connectivity index (χ1) is 9.63. The van der Waals surface area contributed by atoms with Crippen molar-refractivity contribution in [2.24, 2.45) is 0 Å². The molecule has 1 fully saturated rings. The van der Waals surface area contributed by atoms with Crippen molar-refractivity contribution in [1.82, 2.24) is 10.1 Å². The van der Waals surface area contributed by atoms with Crippen molar-refractivity contribution >= 4 is 5.97 Å². The Morgan fingerprint density at radius 1 is 1.45 bits per heavy atom. The van der Waals surface area contributed by atoms with Gasteiger partial charge in [0.25, 0.3) is 0 Å². The predicted molar refractivity (Wildman–Crippen MR) is 68.1 cm³/mol. The van der Waals surface area contributed by atoms with Crippen LogP contribution in [-0.2, 0) is 24.6 Å². The van der Waals surface area contributed by atoms with Gasteiger partial charge in [-0.25, -0.2) is 0 Å². The van der Waals surface area contributed by atoms with Crippen LogP contribution in [-0.4, -0.2) is 43.0 Å². The maximum absolute atomic E-state index is 11.7. The van der Waals surface area contributed by atoms with Crippen LogP contribution in [0.15, 0.2) is 4.52 Å². The first-order valence-corrected chi connectivity index (χ1v) is 6.76. The summed E-state index contributed by atoms with van der Waals surface area (Å²) in [4.78, 5) is 16.0. The van der Waals surface area contributed by atoms with Gasteiger partial charge in [0, 0.05) is 33.2 Å². The van der Waals surface area contributed by atoms with Gasteiger partial charge in [-0.3, -0.25) is 4.79 Å². The molecule has 1 aromatic heterocycles. The molecule has 112 valence electrons. The Hall–Kier alpha value is -1.47. The zero-order valence-electron chi connectivity index (χ0n) is 12.0. The number of aromatic nitrogens is 2. The lowest BCUT2D eigenvalue weighted by molar-refractivity contribution is -0.145. The first kappa shape index (κ1) is 14.9. The quantitative estimate of drug-likeness (QED) is 0.755. The molecule has 20 heavy (non-hydrogen) atoms. The van der Waals surface area contributed by atoms with Crippen LogP contribution >= 0.6 is 0 Å². The van der Waals surface area contributed by atoms with E-state index in [1.54, 1.807) is 21.0 Å². The molecule has 1 unspecified atom stereocenters. The molecule has 7 heteroatoms. The molecule has 1 saturated heterocycles. The molecule has 1 aromatic rings. The molecule has 7 nitrogen and oxygen atoms in total. The monoisotopic (exact) mass is 284 g/mol. The maximum Gasteiger partial charge on any atom is 0.318 e. The van der Waals surface area contributed by atoms with Gasteiger partial charge in [0.1, 0.15) is 11.5 Å². The summed E-state index contributed by atoms with van der Waals surface area (Å²) in [5.41, 5.74) is -0.589. The lowest BCUT2D eigenvalue weighted by atomic mass is 9.93. The van der Waals surface area contributed by atoms with Gasteiger partial charge < -0.3 is 18.7 Å². The molecule has 2 rings (SSSR count). The minimum absolute atomic E-state index is 0.251. The third-order valence-corrected chi connectivity index (χ3v) is 3.55. The summed E-state index contributed by atoms with van der Waals surface area (Å²) in [7, 11) is 1.62. The van der Waals surface area contributed by atoms with E-state index in [0.29, 0.717) is 38.5 Å². The third kappa shape index (κ3) is 2.83. The van der Waals surface area contributed by atoms with Crippen LogP contribution in [0.3, 0.4) is 0 Å². The highest BCUT2D eigenvalue weighted by atomic mass is 16.5. The molecular formula is C13H20N2O5. The average Bonchev–Trinajstić information content (AvgIpc) is 2.97. The van der Waals surface area contributed by atoms with Crippen LogP contribution in [0, 0.1) is 0 Å². The molecule has 0 bridgehead atoms. The van der Waals surface area contributed by atoms with Gasteiger partial charge in [0.05, 0.1) is 6.61 Å². The van der Waals surface area contributed by atoms with E-state index in [0.717, 1.165) is 0 Å². The van der Waals surface area contributed by atoms with Crippen LogP contribution in [0.5, 0.6) is 0 Å². The van der Waals surface area contributed by atoms with E-state index in [2.05, 4.69) is 10.1 Å². The van der Waals surface area contributed by atoms with Crippen molar-refractivity contribution in [2.45, 2.75) is 38.2 Å². The molecule has 1 atom stereocenters. The van der Waals surface area contributed by atoms with Crippen molar-refractivity contribution in [2.75, 3.05) is 26.9 Å². The van der Waals surface area contributed by atoms with Crippen molar-refractivity contribution in [3.8, 4) is 0 Å². The van der Waals surface area contributed by atoms with Gasteiger partial charge in [-0.15, -0.1) is 0 Å². The van der Waals surface area contributed by atoms with Gasteiger partial charge in [0.15, 0.2) is 0 Å². The lowest BCUT2D eigenvalue weighted by Gasteiger charge is -2.32. The Balaban J connectivity index is 2.17. The lowest BCUT2D eigenvalue weighted by Crippen LogP contribution is -2.36. The van der Waals surface area contributed by atoms with E-state index in [-0.39, 0.29) is 11.9 Å². The second-order valence-corrected chi connectivity index (χ2v) is 4.74. The minimum atomic E-state index is -0.589. The molecular weight excluding hydrogens is 264 g/mol. The zero-order valence-corrected chi connectivity index (χ0v) is 12.0. The Morgan fingerprint density at radius 3 is 2.75 bits per heavy atom. The molecule has 0 spiro atoms. The summed E-state index contributed by atoms with van der Waals surface area (Å²) in [6.45, 7) is 4.93. The van der Waals surface area contributed by atoms with E-state index in [4.69, 9.17) is 18.7 Å². The SMILES string of the molecule is CCOC(=O)C(C)c1nc(C2(OC)CCOCC2)no1. The number of ether oxygens (including phenoxy) is 3. The molecule has 1 aliphatic heterocycles. The van der Waals surface area contributed by atoms with Gasteiger partial charge in [-0.2, -0.15) is 4.98 Å². The number of carbonyl (C=O) groups excluding carboxylic acids is 1. The molecule has 0 aliphatic carbocycles. The highest BCUT2D eigenvalue weighted by molar-refractivity contribution is 5.76. The normalized spacial score (nSPS) is 19.6. The van der Waals surface area contributed by atoms with E-state index in [1.165, 1.54) is 0 Å². The highest BCUT2D eigenvalue weighted by Gasteiger charge is 2.40. The number of nitrogens with zero attached hydrogens (tertiary/aromatic N) is 2. The average molecular weight is 284 g/mol. The number of hydrogen-bond acceptors (Lipinski definition) is 7. The Labute approximate surface area is 117 Å². The zero-order chi connectivity index (χ0) is 14.6. The van der Waals surface area contributed by atoms with Crippen molar-refractivity contribution < 1.29 is 23.5 Å². The summed E-state index contributed by atoms with van der Waals surface area (Å²) in [5, 5.41) is 3.97. The fourth-order valence-corrected chi connectivity index (χ4v) is 2.18. The van der Waals surface area contributed by atoms with Crippen LogP contribution in [0.1, 0.15) is 44.3 Å². The first-order valence-electron chi connectivity index (χ1n) is 6.76. The van der Waals surface area contributed by atoms with Gasteiger partial charge in [-0.1, -0.05) is 5.16 Å². The number of hydrogen-bond donors (Lipinski definition) is 0. The van der Waals surface area contributed by atoms with E-state index in [1.807, 2.05) is 0 Å². The van der Waals surface area contributed by atoms with E-state index < -0.39 is 11.5 Å². The minimum Gasteiger partial charge on any atom is -0.465 e. The molecule has 0 amide bonds. The second kappa shape index (κ2) is 6.32. The van der Waals surface area contributed by atoms with Crippen LogP contribution in [0.25, 0.3) is 0 Å². The molecule has 0 radical (unpaired) electrons. The summed E-state index contributed by atoms with van der Waals surface area (Å²) in [6, 6.07) is 0. The Morgan fingerprint density at radius 2 is 2.15 bits per heavy atom. The van der Waals surface area contributed by atoms with E-state index >= 15 is 0 Å². The highest BCUT2D eigenvalue weighted by Crippen LogP contribution is 2.34. The summed E-state index contributed by atoms with van der Waals surface area (Å²) in [5.74, 6) is -0.234. The predicted octanol–water partition coefficient (Wildman–Crippen LogP) is 1.39. The Kier molecular flexibility index (Phi) is 4.72. The number of carbonyl (C=O) groups is 1. The van der Waals surface area contributed by atoms with E-state index in [9.17, 15) is 4.79 Å². The van der Waals surface area contributed by atoms with Crippen molar-refractivity contribution in [1.29, 1.82) is 0 Å². The fourth-order valence-electron chi connectivity index (χ4n) is 2.18. The molecule has 0 aromatic carbocycles. The maximum atomic E-state index is 11.7. The van der Waals surface area contributed by atoms with Crippen LogP contribution in [0.4, 0.5) is 0 Å². The molecule has 0 N–H and O–H groups in total. The smallest absolute Gasteiger partial charge is 0.318 e. The Bertz CT molecular complexity index is 453. The van der Waals surface area contributed by atoms with Gasteiger partial charge >= 0.3 is 5.97 Å². The van der Waals surface area contributed by atoms with Crippen LogP contribution in [0.2, 0.25) is 0 Å². The van der Waals surface area contributed by atoms with Crippen LogP contribution < -0.4 is 0 Å². The van der Waals surface area contributed by atoms with Gasteiger partial charge in [-0.05, 0) is 13.8 Å². The largest absolute Gasteiger partial charge is 0.465 e. The van der Waals surface area contributed by atoms with Crippen molar-refractivity contribution in [3.63, 3.8) is 0 Å². The molecule has 2 heterocycles. The van der Waals surface area contributed by atoms with Gasteiger partial charge in [0.2, 0.25) is 11.7 Å². The third-order valence-electron chi connectivity index (χ3n) is 3.55. The fraction of sp³-hybridized carbons (Fsp3) is 0.769. The number of methoxy groups -OCH3 is 1. The summed E-state index contributed by atoms with van der Waals surface area (Å²) >= 11 is 0. The second-order valence-electron chi connectivity index (χ2n) is 4.74. The standard InChI is InChI=1S/C13H20N2O5/c1-4-19-11(16)9(2)10-14-12(15-20-10)13(17-3)5-7-18-8-6-13/h9H,4-8H2,1-3H3. The van der Waals surface area contributed by atoms with Crippen molar-refractivity contribution in [3.05, 3.63) is 11.7 Å². The summed E-state index contributed by atoms with van der Waals surface area (Å²) < 4.78 is 21.1.